The van der Waals surface area contributed by atoms with E-state index in [-0.39, 0.29) is 22.5 Å². The lowest BCUT2D eigenvalue weighted by Gasteiger charge is -2.24. The van der Waals surface area contributed by atoms with E-state index in [2.05, 4.69) is 43.0 Å². The maximum absolute atomic E-state index is 12.2. The Balaban J connectivity index is 1.87. The van der Waals surface area contributed by atoms with E-state index in [1.807, 2.05) is 57.3 Å². The van der Waals surface area contributed by atoms with Crippen molar-refractivity contribution in [1.29, 1.82) is 5.26 Å². The van der Waals surface area contributed by atoms with Crippen molar-refractivity contribution in [3.05, 3.63) is 128 Å². The molecule has 6 heteroatoms. The second kappa shape index (κ2) is 10.8. The Morgan fingerprint density at radius 2 is 1.89 bits per heavy atom. The number of nitrogens with zero attached hydrogens (tertiary/aromatic N) is 3. The Hall–Kier alpha value is -4.50. The number of nitriles is 1. The van der Waals surface area contributed by atoms with Gasteiger partial charge in [0.25, 0.3) is 5.70 Å². The first-order chi connectivity index (χ1) is 17.0. The smallest absolute Gasteiger partial charge is 0.270 e. The first-order valence-electron chi connectivity index (χ1n) is 11.5. The molecule has 182 valence electrons. The number of allylic oxidation sites excluding steroid dienone is 14. The maximum Gasteiger partial charge on any atom is 0.270 e. The molecule has 0 fully saturated rings. The predicted molar refractivity (Wildman–Crippen MR) is 145 cm³/mol. The van der Waals surface area contributed by atoms with Crippen LogP contribution in [0.1, 0.15) is 38.8 Å². The molecule has 36 heavy (non-hydrogen) atoms. The molecule has 3 rings (SSSR count). The fourth-order valence-corrected chi connectivity index (χ4v) is 4.19. The third kappa shape index (κ3) is 5.76. The Morgan fingerprint density at radius 1 is 1.14 bits per heavy atom. The number of fused-ring (bicyclic) bond motifs is 1. The van der Waals surface area contributed by atoms with Gasteiger partial charge < -0.3 is 4.90 Å². The summed E-state index contributed by atoms with van der Waals surface area (Å²) in [5, 5.41) is 19.8. The number of hydrogen-bond acceptors (Lipinski definition) is 5. The van der Waals surface area contributed by atoms with E-state index >= 15 is 0 Å². The van der Waals surface area contributed by atoms with Crippen LogP contribution < -0.4 is 4.90 Å². The first kappa shape index (κ1) is 26.1. The molecule has 1 aliphatic heterocycles. The van der Waals surface area contributed by atoms with Crippen LogP contribution in [0.4, 0.5) is 5.69 Å². The first-order valence-corrected chi connectivity index (χ1v) is 11.5. The molecule has 0 aromatic heterocycles. The van der Waals surface area contributed by atoms with Crippen LogP contribution in [-0.2, 0) is 10.2 Å². The molecule has 1 aromatic rings. The van der Waals surface area contributed by atoms with Gasteiger partial charge in [-0.25, -0.2) is 0 Å². The van der Waals surface area contributed by atoms with E-state index in [1.54, 1.807) is 6.08 Å². The average Bonchev–Trinajstić information content (AvgIpc) is 3.01. The Bertz CT molecular complexity index is 1390. The molecule has 1 heterocycles. The summed E-state index contributed by atoms with van der Waals surface area (Å²) in [5.74, 6) is -0.254. The lowest BCUT2D eigenvalue weighted by atomic mass is 9.83. The van der Waals surface area contributed by atoms with Crippen LogP contribution in [-0.4, -0.2) is 17.8 Å². The lowest BCUT2D eigenvalue weighted by Crippen LogP contribution is -2.22. The highest BCUT2D eigenvalue weighted by Crippen LogP contribution is 2.47. The van der Waals surface area contributed by atoms with Crippen LogP contribution in [0.25, 0.3) is 6.08 Å². The number of anilines is 1. The number of nitro groups is 1. The van der Waals surface area contributed by atoms with Crippen LogP contribution in [0, 0.1) is 21.4 Å². The minimum Gasteiger partial charge on any atom is -0.347 e. The molecule has 0 saturated carbocycles. The molecular weight excluding hydrogens is 450 g/mol. The van der Waals surface area contributed by atoms with Gasteiger partial charge >= 0.3 is 0 Å². The van der Waals surface area contributed by atoms with Gasteiger partial charge in [0.2, 0.25) is 0 Å². The fraction of sp³-hybridized carbons (Fsp3) is 0.200. The molecule has 0 N–H and O–H groups in total. The fourth-order valence-electron chi connectivity index (χ4n) is 4.19. The Kier molecular flexibility index (Phi) is 7.86. The van der Waals surface area contributed by atoms with E-state index in [1.165, 1.54) is 24.3 Å². The second-order valence-electron chi connectivity index (χ2n) is 9.28. The number of rotatable bonds is 6. The summed E-state index contributed by atoms with van der Waals surface area (Å²) < 4.78 is 0. The van der Waals surface area contributed by atoms with Gasteiger partial charge in [0.1, 0.15) is 0 Å². The van der Waals surface area contributed by atoms with Gasteiger partial charge in [-0.15, -0.1) is 0 Å². The Morgan fingerprint density at radius 3 is 2.58 bits per heavy atom. The van der Waals surface area contributed by atoms with Gasteiger partial charge in [-0.1, -0.05) is 55.9 Å². The van der Waals surface area contributed by atoms with Crippen molar-refractivity contribution >= 4 is 17.5 Å². The highest BCUT2D eigenvalue weighted by molar-refractivity contribution is 6.07. The summed E-state index contributed by atoms with van der Waals surface area (Å²) in [6, 6.07) is 8.33. The summed E-state index contributed by atoms with van der Waals surface area (Å²) >= 11 is 0. The summed E-state index contributed by atoms with van der Waals surface area (Å²) in [6.07, 6.45) is 18.7. The summed E-state index contributed by atoms with van der Waals surface area (Å²) in [4.78, 5) is 24.9. The molecule has 0 amide bonds. The summed E-state index contributed by atoms with van der Waals surface area (Å²) in [7, 11) is 1.98. The number of carbonyl (C=O) groups is 1. The van der Waals surface area contributed by atoms with Gasteiger partial charge in [-0.3, -0.25) is 14.9 Å². The molecule has 1 aromatic carbocycles. The van der Waals surface area contributed by atoms with Gasteiger partial charge in [0, 0.05) is 47.6 Å². The van der Waals surface area contributed by atoms with Crippen molar-refractivity contribution in [2.24, 2.45) is 0 Å². The molecule has 1 aliphatic carbocycles. The number of carbonyl (C=O) groups excluding carboxylic acids is 1. The van der Waals surface area contributed by atoms with E-state index in [0.29, 0.717) is 0 Å². The van der Waals surface area contributed by atoms with E-state index in [4.69, 9.17) is 5.26 Å². The minimum atomic E-state index is -0.499. The zero-order valence-electron chi connectivity index (χ0n) is 21.1. The van der Waals surface area contributed by atoms with Crippen molar-refractivity contribution in [3.8, 4) is 6.07 Å². The maximum atomic E-state index is 12.2. The van der Waals surface area contributed by atoms with Gasteiger partial charge in [0.05, 0.1) is 11.0 Å². The highest BCUT2D eigenvalue weighted by atomic mass is 16.6. The number of hydrogen-bond donors (Lipinski definition) is 0. The largest absolute Gasteiger partial charge is 0.347 e. The number of ketones is 1. The van der Waals surface area contributed by atoms with Gasteiger partial charge in [-0.2, -0.15) is 5.26 Å². The number of benzene rings is 1. The van der Waals surface area contributed by atoms with Crippen LogP contribution >= 0.6 is 0 Å². The molecule has 0 atom stereocenters. The minimum absolute atomic E-state index is 0.105. The second-order valence-corrected chi connectivity index (χ2v) is 9.28. The predicted octanol–water partition coefficient (Wildman–Crippen LogP) is 6.51. The molecular formula is C30H29N3O3. The van der Waals surface area contributed by atoms with Gasteiger partial charge in [0.15, 0.2) is 5.78 Å². The quantitative estimate of drug-likeness (QED) is 0.153. The van der Waals surface area contributed by atoms with Crippen LogP contribution in [0.5, 0.6) is 0 Å². The average molecular weight is 480 g/mol. The SMILES string of the molecule is CC(/C=C/C=C(C)/C=C/c1ccc2c(c1)C(C)(C)/C(=C/C=C1/C=C([N+](=O)[O-])C=CC1=O)N2C)=C\C#N. The van der Waals surface area contributed by atoms with Crippen LogP contribution in [0.2, 0.25) is 0 Å². The Labute approximate surface area is 212 Å². The van der Waals surface area contributed by atoms with Crippen molar-refractivity contribution in [2.75, 3.05) is 11.9 Å². The highest BCUT2D eigenvalue weighted by Gasteiger charge is 2.38. The molecule has 0 bridgehead atoms. The lowest BCUT2D eigenvalue weighted by molar-refractivity contribution is -0.419. The van der Waals surface area contributed by atoms with E-state index in [0.717, 1.165) is 33.7 Å². The van der Waals surface area contributed by atoms with E-state index in [9.17, 15) is 14.9 Å². The van der Waals surface area contributed by atoms with Crippen molar-refractivity contribution in [1.82, 2.24) is 0 Å². The molecule has 0 saturated heterocycles. The zero-order valence-corrected chi connectivity index (χ0v) is 21.1. The molecule has 0 unspecified atom stereocenters. The van der Waals surface area contributed by atoms with Crippen LogP contribution in [0.3, 0.4) is 0 Å². The van der Waals surface area contributed by atoms with Crippen molar-refractivity contribution < 1.29 is 9.72 Å². The van der Waals surface area contributed by atoms with E-state index < -0.39 is 4.92 Å². The summed E-state index contributed by atoms with van der Waals surface area (Å²) in [6.45, 7) is 8.15. The number of likely N-dealkylation sites (N-methyl/N-ethyl adjacent to an activating group) is 1. The third-order valence-electron chi connectivity index (χ3n) is 6.23. The molecule has 0 spiro atoms. The normalized spacial score (nSPS) is 19.9. The van der Waals surface area contributed by atoms with Crippen molar-refractivity contribution in [3.63, 3.8) is 0 Å². The molecule has 0 radical (unpaired) electrons. The van der Waals surface area contributed by atoms with Crippen molar-refractivity contribution in [2.45, 2.75) is 33.1 Å². The third-order valence-corrected chi connectivity index (χ3v) is 6.23. The van der Waals surface area contributed by atoms with Crippen LogP contribution in [0.15, 0.2) is 107 Å². The van der Waals surface area contributed by atoms with Gasteiger partial charge in [-0.05, 0) is 60.9 Å². The monoisotopic (exact) mass is 479 g/mol. The summed E-state index contributed by atoms with van der Waals surface area (Å²) in [5.41, 5.74) is 6.13. The molecule has 6 nitrogen and oxygen atoms in total. The standard InChI is InChI=1S/C30H29N3O3/c1-21(7-6-8-22(2)17-18-31)9-10-23-11-14-27-26(19-23)30(3,4)29(32(27)5)16-12-24-20-25(33(35)36)13-15-28(24)34/h6-17,19-20H,1-5H3/b8-6+,10-9+,21-7+,22-17+,24-12-,29-16-. The molecule has 2 aliphatic rings. The zero-order chi connectivity index (χ0) is 26.5. The topological polar surface area (TPSA) is 87.2 Å².